The summed E-state index contributed by atoms with van der Waals surface area (Å²) in [5.41, 5.74) is 9.08. The number of anilines is 1. The van der Waals surface area contributed by atoms with Crippen molar-refractivity contribution in [3.05, 3.63) is 48.0 Å². The van der Waals surface area contributed by atoms with Crippen LogP contribution in [0, 0.1) is 6.92 Å². The lowest BCUT2D eigenvalue weighted by Gasteiger charge is -2.07. The average molecular weight is 281 g/mol. The first-order chi connectivity index (χ1) is 9.69. The molecular weight excluding hydrogens is 266 g/mol. The van der Waals surface area contributed by atoms with Crippen LogP contribution in [0.5, 0.6) is 0 Å². The van der Waals surface area contributed by atoms with E-state index in [0.29, 0.717) is 11.6 Å². The van der Waals surface area contributed by atoms with Crippen molar-refractivity contribution in [2.24, 2.45) is 0 Å². The molecule has 0 radical (unpaired) electrons. The summed E-state index contributed by atoms with van der Waals surface area (Å²) in [7, 11) is 0. The Hall–Kier alpha value is -2.07. The number of nitrogens with zero attached hydrogens (tertiary/aromatic N) is 2. The number of benzene rings is 2. The summed E-state index contributed by atoms with van der Waals surface area (Å²) in [4.78, 5) is 10.3. The Kier molecular flexibility index (Phi) is 3.32. The number of hydrogen-bond donors (Lipinski definition) is 1. The van der Waals surface area contributed by atoms with Gasteiger partial charge in [-0.05, 0) is 36.9 Å². The lowest BCUT2D eigenvalue weighted by molar-refractivity contribution is 1.22. The van der Waals surface area contributed by atoms with Gasteiger partial charge in [0.25, 0.3) is 0 Å². The smallest absolute Gasteiger partial charge is 0.162 e. The van der Waals surface area contributed by atoms with E-state index < -0.39 is 0 Å². The summed E-state index contributed by atoms with van der Waals surface area (Å²) in [6.45, 7) is 2.04. The van der Waals surface area contributed by atoms with Crippen LogP contribution in [-0.4, -0.2) is 16.2 Å². The Morgan fingerprint density at radius 3 is 2.45 bits per heavy atom. The molecule has 0 spiro atoms. The van der Waals surface area contributed by atoms with Gasteiger partial charge < -0.3 is 5.73 Å². The number of nitrogen functional groups attached to an aromatic ring is 1. The van der Waals surface area contributed by atoms with E-state index in [-0.39, 0.29) is 0 Å². The molecular formula is C16H15N3S. The van der Waals surface area contributed by atoms with Gasteiger partial charge in [-0.25, -0.2) is 9.97 Å². The van der Waals surface area contributed by atoms with Crippen molar-refractivity contribution in [1.29, 1.82) is 0 Å². The molecule has 20 heavy (non-hydrogen) atoms. The van der Waals surface area contributed by atoms with Crippen molar-refractivity contribution in [3.8, 4) is 11.4 Å². The molecule has 0 saturated carbocycles. The molecule has 1 aromatic heterocycles. The van der Waals surface area contributed by atoms with Crippen molar-refractivity contribution < 1.29 is 0 Å². The van der Waals surface area contributed by atoms with E-state index in [1.807, 2.05) is 37.3 Å². The van der Waals surface area contributed by atoms with Gasteiger partial charge in [0.15, 0.2) is 5.82 Å². The molecule has 4 heteroatoms. The van der Waals surface area contributed by atoms with Gasteiger partial charge in [-0.1, -0.05) is 24.3 Å². The lowest BCUT2D eigenvalue weighted by atomic mass is 10.1. The van der Waals surface area contributed by atoms with Crippen molar-refractivity contribution >= 4 is 28.5 Å². The van der Waals surface area contributed by atoms with Crippen molar-refractivity contribution in [1.82, 2.24) is 9.97 Å². The number of aromatic nitrogens is 2. The summed E-state index contributed by atoms with van der Waals surface area (Å²) >= 11 is 1.72. The van der Waals surface area contributed by atoms with Crippen LogP contribution in [-0.2, 0) is 0 Å². The molecule has 2 N–H and O–H groups in total. The number of nitrogens with two attached hydrogens (primary N) is 1. The van der Waals surface area contributed by atoms with E-state index in [0.717, 1.165) is 22.0 Å². The largest absolute Gasteiger partial charge is 0.383 e. The van der Waals surface area contributed by atoms with Gasteiger partial charge in [0.2, 0.25) is 0 Å². The third kappa shape index (κ3) is 2.23. The van der Waals surface area contributed by atoms with Crippen LogP contribution in [0.4, 0.5) is 5.82 Å². The molecule has 0 unspecified atom stereocenters. The van der Waals surface area contributed by atoms with E-state index in [1.165, 1.54) is 4.90 Å². The van der Waals surface area contributed by atoms with E-state index in [4.69, 9.17) is 5.73 Å². The van der Waals surface area contributed by atoms with Crippen LogP contribution >= 0.6 is 11.8 Å². The quantitative estimate of drug-likeness (QED) is 0.724. The SMILES string of the molecule is CSc1ccc(-c2nc(N)c3cccc(C)c3n2)cc1. The molecule has 0 aliphatic heterocycles. The number of thioether (sulfide) groups is 1. The number of rotatable bonds is 2. The first-order valence-electron chi connectivity index (χ1n) is 6.36. The summed E-state index contributed by atoms with van der Waals surface area (Å²) in [6, 6.07) is 14.2. The summed E-state index contributed by atoms with van der Waals surface area (Å²) < 4.78 is 0. The number of fused-ring (bicyclic) bond motifs is 1. The van der Waals surface area contributed by atoms with Gasteiger partial charge in [-0.15, -0.1) is 11.8 Å². The van der Waals surface area contributed by atoms with E-state index >= 15 is 0 Å². The molecule has 0 atom stereocenters. The molecule has 3 rings (SSSR count). The molecule has 1 heterocycles. The zero-order valence-electron chi connectivity index (χ0n) is 11.4. The van der Waals surface area contributed by atoms with Crippen LogP contribution in [0.1, 0.15) is 5.56 Å². The summed E-state index contributed by atoms with van der Waals surface area (Å²) in [6.07, 6.45) is 2.06. The van der Waals surface area contributed by atoms with Gasteiger partial charge >= 0.3 is 0 Å². The first kappa shape index (κ1) is 12.9. The van der Waals surface area contributed by atoms with Gasteiger partial charge in [0.05, 0.1) is 5.52 Å². The Balaban J connectivity index is 2.18. The third-order valence-electron chi connectivity index (χ3n) is 3.31. The van der Waals surface area contributed by atoms with Crippen LogP contribution in [0.25, 0.3) is 22.3 Å². The second-order valence-corrected chi connectivity index (χ2v) is 5.51. The predicted molar refractivity (Wildman–Crippen MR) is 85.9 cm³/mol. The van der Waals surface area contributed by atoms with Crippen LogP contribution < -0.4 is 5.73 Å². The molecule has 0 amide bonds. The Bertz CT molecular complexity index is 767. The molecule has 2 aromatic carbocycles. The first-order valence-corrected chi connectivity index (χ1v) is 7.59. The van der Waals surface area contributed by atoms with Gasteiger partial charge in [-0.2, -0.15) is 0 Å². The van der Waals surface area contributed by atoms with Crippen molar-refractivity contribution in [3.63, 3.8) is 0 Å². The predicted octanol–water partition coefficient (Wildman–Crippen LogP) is 3.91. The van der Waals surface area contributed by atoms with E-state index in [1.54, 1.807) is 11.8 Å². The highest BCUT2D eigenvalue weighted by Gasteiger charge is 2.08. The minimum Gasteiger partial charge on any atom is -0.383 e. The van der Waals surface area contributed by atoms with Crippen LogP contribution in [0.3, 0.4) is 0 Å². The summed E-state index contributed by atoms with van der Waals surface area (Å²) in [5.74, 6) is 1.21. The molecule has 0 aliphatic carbocycles. The monoisotopic (exact) mass is 281 g/mol. The maximum atomic E-state index is 6.06. The maximum absolute atomic E-state index is 6.06. The highest BCUT2D eigenvalue weighted by molar-refractivity contribution is 7.98. The normalized spacial score (nSPS) is 10.9. The third-order valence-corrected chi connectivity index (χ3v) is 4.05. The van der Waals surface area contributed by atoms with Crippen LogP contribution in [0.15, 0.2) is 47.4 Å². The Labute approximate surface area is 122 Å². The maximum Gasteiger partial charge on any atom is 0.162 e. The van der Waals surface area contributed by atoms with Gasteiger partial charge in [0.1, 0.15) is 5.82 Å². The Morgan fingerprint density at radius 2 is 1.75 bits per heavy atom. The fourth-order valence-electron chi connectivity index (χ4n) is 2.19. The van der Waals surface area contributed by atoms with Gasteiger partial charge in [-0.3, -0.25) is 0 Å². The topological polar surface area (TPSA) is 51.8 Å². The summed E-state index contributed by atoms with van der Waals surface area (Å²) in [5, 5.41) is 0.912. The lowest BCUT2D eigenvalue weighted by Crippen LogP contribution is -1.98. The van der Waals surface area contributed by atoms with E-state index in [9.17, 15) is 0 Å². The standard InChI is InChI=1S/C16H15N3S/c1-10-4-3-5-13-14(10)18-16(19-15(13)17)11-6-8-12(20-2)9-7-11/h3-9H,1-2H3,(H2,17,18,19). The highest BCUT2D eigenvalue weighted by atomic mass is 32.2. The zero-order valence-corrected chi connectivity index (χ0v) is 12.2. The van der Waals surface area contributed by atoms with Crippen molar-refractivity contribution in [2.45, 2.75) is 11.8 Å². The molecule has 3 aromatic rings. The zero-order chi connectivity index (χ0) is 14.1. The Morgan fingerprint density at radius 1 is 1.00 bits per heavy atom. The van der Waals surface area contributed by atoms with E-state index in [2.05, 4.69) is 28.4 Å². The minimum atomic E-state index is 0.530. The number of hydrogen-bond acceptors (Lipinski definition) is 4. The van der Waals surface area contributed by atoms with Crippen molar-refractivity contribution in [2.75, 3.05) is 12.0 Å². The number of para-hydroxylation sites is 1. The highest BCUT2D eigenvalue weighted by Crippen LogP contribution is 2.26. The van der Waals surface area contributed by atoms with Gasteiger partial charge in [0, 0.05) is 15.8 Å². The second kappa shape index (κ2) is 5.13. The molecule has 100 valence electrons. The average Bonchev–Trinajstić information content (AvgIpc) is 2.48. The number of aryl methyl sites for hydroxylation is 1. The molecule has 0 saturated heterocycles. The molecule has 0 fully saturated rings. The fraction of sp³-hybridized carbons (Fsp3) is 0.125. The van der Waals surface area contributed by atoms with Crippen LogP contribution in [0.2, 0.25) is 0 Å². The molecule has 3 nitrogen and oxygen atoms in total. The fourth-order valence-corrected chi connectivity index (χ4v) is 2.60. The molecule has 0 bridgehead atoms. The second-order valence-electron chi connectivity index (χ2n) is 4.63. The minimum absolute atomic E-state index is 0.530. The molecule has 0 aliphatic rings.